The van der Waals surface area contributed by atoms with E-state index in [4.69, 9.17) is 0 Å². The van der Waals surface area contributed by atoms with Crippen molar-refractivity contribution >= 4 is 27.8 Å². The van der Waals surface area contributed by atoms with Crippen molar-refractivity contribution in [2.24, 2.45) is 17.8 Å². The van der Waals surface area contributed by atoms with E-state index in [0.717, 1.165) is 17.1 Å². The van der Waals surface area contributed by atoms with Crippen LogP contribution in [-0.2, 0) is 14.8 Å². The molecule has 1 saturated carbocycles. The number of rotatable bonds is 4. The van der Waals surface area contributed by atoms with E-state index >= 15 is 0 Å². The van der Waals surface area contributed by atoms with Crippen molar-refractivity contribution in [2.45, 2.75) is 24.7 Å². The Morgan fingerprint density at radius 3 is 2.52 bits per heavy atom. The number of carboxylic acids is 1. The lowest BCUT2D eigenvalue weighted by Gasteiger charge is -2.16. The van der Waals surface area contributed by atoms with Crippen LogP contribution >= 0.6 is 0 Å². The molecule has 8 nitrogen and oxygen atoms in total. The largest absolute Gasteiger partial charge is 0.481 e. The van der Waals surface area contributed by atoms with E-state index < -0.39 is 33.7 Å². The van der Waals surface area contributed by atoms with Gasteiger partial charge in [-0.2, -0.15) is 0 Å². The number of fused-ring (bicyclic) bond motifs is 1. The van der Waals surface area contributed by atoms with Crippen molar-refractivity contribution < 1.29 is 27.9 Å². The van der Waals surface area contributed by atoms with Gasteiger partial charge in [0.15, 0.2) is 0 Å². The fourth-order valence-electron chi connectivity index (χ4n) is 4.16. The lowest BCUT2D eigenvalue weighted by Crippen LogP contribution is -2.30. The summed E-state index contributed by atoms with van der Waals surface area (Å²) in [5.41, 5.74) is 0.220. The molecule has 1 aliphatic carbocycles. The Balaban J connectivity index is 1.63. The van der Waals surface area contributed by atoms with Gasteiger partial charge in [-0.1, -0.05) is 0 Å². The highest BCUT2D eigenvalue weighted by atomic mass is 32.2. The minimum Gasteiger partial charge on any atom is -0.481 e. The smallest absolute Gasteiger partial charge is 0.308 e. The molecule has 144 valence electrons. The molecule has 4 rings (SSSR count). The molecule has 0 spiro atoms. The summed E-state index contributed by atoms with van der Waals surface area (Å²) in [6.45, 7) is 2.08. The predicted octanol–water partition coefficient (Wildman–Crippen LogP) is 1.03. The molecule has 2 amide bonds. The second-order valence-electron chi connectivity index (χ2n) is 7.34. The maximum atomic E-state index is 12.9. The Labute approximate surface area is 156 Å². The van der Waals surface area contributed by atoms with Crippen molar-refractivity contribution in [3.05, 3.63) is 29.3 Å². The summed E-state index contributed by atoms with van der Waals surface area (Å²) >= 11 is 0. The summed E-state index contributed by atoms with van der Waals surface area (Å²) in [6.07, 6.45) is 1.98. The first-order valence-corrected chi connectivity index (χ1v) is 10.4. The van der Waals surface area contributed by atoms with Crippen molar-refractivity contribution in [3.8, 4) is 0 Å². The second-order valence-corrected chi connectivity index (χ2v) is 9.17. The van der Waals surface area contributed by atoms with E-state index in [9.17, 15) is 27.9 Å². The SMILES string of the molecule is CCN1C(=O)c2ccc(C(=O)N3C[C@H](C(=O)O)[C@@H](C4CC4)C3)cc2S1(=O)=O. The summed E-state index contributed by atoms with van der Waals surface area (Å²) in [4.78, 5) is 38.0. The molecule has 1 saturated heterocycles. The molecule has 0 radical (unpaired) electrons. The van der Waals surface area contributed by atoms with Gasteiger partial charge in [0, 0.05) is 25.2 Å². The topological polar surface area (TPSA) is 112 Å². The monoisotopic (exact) mass is 392 g/mol. The number of benzene rings is 1. The number of carbonyl (C=O) groups excluding carboxylic acids is 2. The standard InChI is InChI=1S/C18H20N2O6S/c1-2-20-17(22)12-6-5-11(7-15(12)27(20,25)26)16(21)19-8-13(10-3-4-10)14(9-19)18(23)24/h5-7,10,13-14H,2-4,8-9H2,1H3,(H,23,24)/t13-,14+/m1/s1. The molecule has 2 heterocycles. The van der Waals surface area contributed by atoms with Gasteiger partial charge in [-0.25, -0.2) is 12.7 Å². The number of nitrogens with zero attached hydrogens (tertiary/aromatic N) is 2. The average Bonchev–Trinajstić information content (AvgIpc) is 3.34. The highest BCUT2D eigenvalue weighted by Crippen LogP contribution is 2.44. The average molecular weight is 392 g/mol. The molecular formula is C18H20N2O6S. The van der Waals surface area contributed by atoms with Crippen LogP contribution in [0.15, 0.2) is 23.1 Å². The summed E-state index contributed by atoms with van der Waals surface area (Å²) in [5, 5.41) is 9.45. The molecule has 1 N–H and O–H groups in total. The van der Waals surface area contributed by atoms with Gasteiger partial charge in [0.25, 0.3) is 21.8 Å². The highest BCUT2D eigenvalue weighted by Gasteiger charge is 2.47. The first-order chi connectivity index (χ1) is 12.8. The van der Waals surface area contributed by atoms with Gasteiger partial charge < -0.3 is 10.0 Å². The van der Waals surface area contributed by atoms with Gasteiger partial charge in [-0.05, 0) is 49.8 Å². The Kier molecular flexibility index (Phi) is 4.03. The van der Waals surface area contributed by atoms with E-state index in [-0.39, 0.29) is 35.0 Å². The lowest BCUT2D eigenvalue weighted by molar-refractivity contribution is -0.142. The Morgan fingerprint density at radius 1 is 1.22 bits per heavy atom. The van der Waals surface area contributed by atoms with Crippen LogP contribution in [0.4, 0.5) is 0 Å². The number of aliphatic carboxylic acids is 1. The summed E-state index contributed by atoms with van der Waals surface area (Å²) < 4.78 is 25.8. The molecule has 1 aromatic rings. The Hall–Kier alpha value is -2.42. The Morgan fingerprint density at radius 2 is 1.93 bits per heavy atom. The summed E-state index contributed by atoms with van der Waals surface area (Å²) in [7, 11) is -3.94. The number of amides is 2. The molecule has 2 aliphatic heterocycles. The van der Waals surface area contributed by atoms with E-state index in [2.05, 4.69) is 0 Å². The van der Waals surface area contributed by atoms with Gasteiger partial charge in [0.05, 0.1) is 11.5 Å². The van der Waals surface area contributed by atoms with Crippen molar-refractivity contribution in [1.29, 1.82) is 0 Å². The predicted molar refractivity (Wildman–Crippen MR) is 93.6 cm³/mol. The molecular weight excluding hydrogens is 372 g/mol. The minimum absolute atomic E-state index is 0.0224. The van der Waals surface area contributed by atoms with E-state index in [0.29, 0.717) is 12.5 Å². The molecule has 27 heavy (non-hydrogen) atoms. The quantitative estimate of drug-likeness (QED) is 0.819. The van der Waals surface area contributed by atoms with E-state index in [1.54, 1.807) is 6.92 Å². The second kappa shape index (κ2) is 6.05. The fraction of sp³-hybridized carbons (Fsp3) is 0.500. The molecule has 2 fully saturated rings. The van der Waals surface area contributed by atoms with Crippen LogP contribution < -0.4 is 0 Å². The molecule has 0 bridgehead atoms. The van der Waals surface area contributed by atoms with Gasteiger partial charge in [0.1, 0.15) is 4.90 Å². The zero-order valence-corrected chi connectivity index (χ0v) is 15.6. The molecule has 9 heteroatoms. The van der Waals surface area contributed by atoms with Gasteiger partial charge in [-0.15, -0.1) is 0 Å². The van der Waals surface area contributed by atoms with Gasteiger partial charge in [0.2, 0.25) is 0 Å². The number of carbonyl (C=O) groups is 3. The maximum absolute atomic E-state index is 12.9. The minimum atomic E-state index is -3.94. The third-order valence-corrected chi connectivity index (χ3v) is 7.64. The number of hydrogen-bond donors (Lipinski definition) is 1. The molecule has 0 aromatic heterocycles. The normalized spacial score (nSPS) is 26.3. The van der Waals surface area contributed by atoms with Gasteiger partial charge >= 0.3 is 5.97 Å². The maximum Gasteiger partial charge on any atom is 0.308 e. The van der Waals surface area contributed by atoms with Crippen molar-refractivity contribution in [3.63, 3.8) is 0 Å². The molecule has 3 aliphatic rings. The van der Waals surface area contributed by atoms with Crippen LogP contribution in [0.3, 0.4) is 0 Å². The van der Waals surface area contributed by atoms with Crippen LogP contribution in [0, 0.1) is 17.8 Å². The number of hydrogen-bond acceptors (Lipinski definition) is 5. The van der Waals surface area contributed by atoms with Crippen LogP contribution in [0.1, 0.15) is 40.5 Å². The zero-order chi connectivity index (χ0) is 19.5. The van der Waals surface area contributed by atoms with Crippen LogP contribution in [-0.4, -0.2) is 60.1 Å². The van der Waals surface area contributed by atoms with Gasteiger partial charge in [-0.3, -0.25) is 14.4 Å². The summed E-state index contributed by atoms with van der Waals surface area (Å²) in [6, 6.07) is 4.04. The lowest BCUT2D eigenvalue weighted by atomic mass is 9.92. The van der Waals surface area contributed by atoms with Crippen molar-refractivity contribution in [1.82, 2.24) is 9.21 Å². The van der Waals surface area contributed by atoms with E-state index in [1.165, 1.54) is 23.1 Å². The molecule has 1 aromatic carbocycles. The first kappa shape index (κ1) is 18.0. The van der Waals surface area contributed by atoms with Crippen molar-refractivity contribution in [2.75, 3.05) is 19.6 Å². The fourth-order valence-corrected chi connectivity index (χ4v) is 5.77. The number of carboxylic acid groups (broad SMARTS) is 1. The molecule has 2 atom stereocenters. The Bertz CT molecular complexity index is 953. The van der Waals surface area contributed by atoms with Crippen LogP contribution in [0.2, 0.25) is 0 Å². The third-order valence-electron chi connectivity index (χ3n) is 5.74. The van der Waals surface area contributed by atoms with Crippen LogP contribution in [0.5, 0.6) is 0 Å². The number of sulfonamides is 1. The molecule has 0 unspecified atom stereocenters. The van der Waals surface area contributed by atoms with E-state index in [1.807, 2.05) is 0 Å². The summed E-state index contributed by atoms with van der Waals surface area (Å²) in [5.74, 6) is -2.18. The highest BCUT2D eigenvalue weighted by molar-refractivity contribution is 7.90. The van der Waals surface area contributed by atoms with Crippen LogP contribution in [0.25, 0.3) is 0 Å². The first-order valence-electron chi connectivity index (χ1n) is 8.99. The third kappa shape index (κ3) is 2.72. The zero-order valence-electron chi connectivity index (χ0n) is 14.8. The number of likely N-dealkylation sites (tertiary alicyclic amines) is 1.